The number of alkyl halides is 2. The van der Waals surface area contributed by atoms with Gasteiger partial charge in [0, 0.05) is 9.75 Å². The van der Waals surface area contributed by atoms with Crippen LogP contribution in [-0.2, 0) is 10.8 Å². The average molecular weight is 701 g/mol. The molecule has 0 unspecified atom stereocenters. The van der Waals surface area contributed by atoms with Crippen LogP contribution in [0.3, 0.4) is 0 Å². The van der Waals surface area contributed by atoms with E-state index in [2.05, 4.69) is 52.8 Å². The standard InChI is InChI=1S/C15H22.C8H16Cl2.C8H18O2.Al.4ClH/c1-11-6-7-12-13(10-11)15(4,5)9-8-14(12,2)3;2*1-7(2,9)5-6-8(3,4)10;;;;;/h6-7,10H,8-9H2,1-5H3;5-6H2,1-4H3;9-10H,5-6H2,1-4H3;;4*1H/q;;;+3;;;;/p-3. The SMILES string of the molecule is CC(C)(Cl)CCC(C)(C)Cl.CC(C)(O)CCC(C)(C)O.Cc1ccc2c(c1)C(C)(C)CCC2(C)C.Cl.[Cl][Al]([Cl])[Cl]. The summed E-state index contributed by atoms with van der Waals surface area (Å²) in [4.78, 5) is -0.210. The molecule has 0 saturated carbocycles. The second-order valence-electron chi connectivity index (χ2n) is 14.6. The van der Waals surface area contributed by atoms with Gasteiger partial charge in [0.1, 0.15) is 0 Å². The summed E-state index contributed by atoms with van der Waals surface area (Å²) in [5.41, 5.74) is 3.93. The predicted octanol–water partition coefficient (Wildman–Crippen LogP) is 11.6. The Morgan fingerprint density at radius 3 is 1.25 bits per heavy atom. The molecule has 0 amide bonds. The summed E-state index contributed by atoms with van der Waals surface area (Å²) < 4.78 is 0. The van der Waals surface area contributed by atoms with Crippen molar-refractivity contribution in [1.82, 2.24) is 0 Å². The van der Waals surface area contributed by atoms with Crippen LogP contribution in [0.25, 0.3) is 0 Å². The summed E-state index contributed by atoms with van der Waals surface area (Å²) in [5.74, 6) is 0. The largest absolute Gasteiger partial charge is 0.643 e. The van der Waals surface area contributed by atoms with Gasteiger partial charge in [0.05, 0.1) is 11.2 Å². The number of hydrogen-bond donors (Lipinski definition) is 2. The van der Waals surface area contributed by atoms with E-state index in [0.29, 0.717) is 23.7 Å². The minimum absolute atomic E-state index is 0. The number of hydrogen-bond acceptors (Lipinski definition) is 2. The molecule has 2 N–H and O–H groups in total. The molecule has 0 saturated heterocycles. The Morgan fingerprint density at radius 1 is 0.675 bits per heavy atom. The smallest absolute Gasteiger partial charge is 0.390 e. The molecule has 0 heterocycles. The van der Waals surface area contributed by atoms with E-state index in [1.807, 2.05) is 27.7 Å². The lowest BCUT2D eigenvalue weighted by atomic mass is 9.63. The Labute approximate surface area is 280 Å². The Balaban J connectivity index is -0.000000490. The second kappa shape index (κ2) is 18.4. The van der Waals surface area contributed by atoms with Gasteiger partial charge in [-0.1, -0.05) is 51.5 Å². The highest BCUT2D eigenvalue weighted by Gasteiger charge is 2.36. The van der Waals surface area contributed by atoms with Crippen molar-refractivity contribution >= 4 is 77.1 Å². The van der Waals surface area contributed by atoms with Crippen LogP contribution in [0.4, 0.5) is 0 Å². The van der Waals surface area contributed by atoms with Crippen molar-refractivity contribution in [2.24, 2.45) is 0 Å². The van der Waals surface area contributed by atoms with Gasteiger partial charge < -0.3 is 10.2 Å². The highest BCUT2D eigenvalue weighted by molar-refractivity contribution is 7.54. The van der Waals surface area contributed by atoms with Gasteiger partial charge in [-0.3, -0.25) is 0 Å². The molecule has 2 rings (SSSR count). The summed E-state index contributed by atoms with van der Waals surface area (Å²) in [6.45, 7) is 26.7. The lowest BCUT2D eigenvalue weighted by Gasteiger charge is -2.42. The van der Waals surface area contributed by atoms with E-state index in [0.717, 1.165) is 12.8 Å². The molecule has 9 heteroatoms. The Hall–Kier alpha value is 1.41. The van der Waals surface area contributed by atoms with E-state index >= 15 is 0 Å². The van der Waals surface area contributed by atoms with Gasteiger partial charge in [-0.25, -0.2) is 30.1 Å². The predicted molar refractivity (Wildman–Crippen MR) is 188 cm³/mol. The zero-order chi connectivity index (χ0) is 31.7. The average Bonchev–Trinajstić information content (AvgIpc) is 2.67. The molecule has 0 aromatic heterocycles. The lowest BCUT2D eigenvalue weighted by Crippen LogP contribution is -2.33. The number of fused-ring (bicyclic) bond motifs is 1. The van der Waals surface area contributed by atoms with E-state index in [1.165, 1.54) is 18.4 Å². The molecule has 0 aliphatic heterocycles. The summed E-state index contributed by atoms with van der Waals surface area (Å²) in [5, 5.41) is 18.5. The molecular weight excluding hydrogens is 644 g/mol. The second-order valence-corrected chi connectivity index (χ2v) is 23.1. The Kier molecular flexibility index (Phi) is 21.1. The Bertz CT molecular complexity index is 771. The van der Waals surface area contributed by atoms with Crippen molar-refractivity contribution in [2.45, 2.75) is 160 Å². The number of rotatable bonds is 6. The van der Waals surface area contributed by atoms with Crippen LogP contribution in [0.5, 0.6) is 0 Å². The molecule has 0 atom stereocenters. The molecule has 0 radical (unpaired) electrons. The molecule has 1 aromatic carbocycles. The van der Waals surface area contributed by atoms with Gasteiger partial charge in [0.2, 0.25) is 0 Å². The minimum atomic E-state index is -1.72. The Morgan fingerprint density at radius 2 is 0.975 bits per heavy atom. The highest BCUT2D eigenvalue weighted by Crippen LogP contribution is 2.45. The number of aliphatic hydroxyl groups is 2. The summed E-state index contributed by atoms with van der Waals surface area (Å²) in [7, 11) is 14.8. The fraction of sp³-hybridized carbons (Fsp3) is 0.806. The maximum absolute atomic E-state index is 9.27. The van der Waals surface area contributed by atoms with Crippen molar-refractivity contribution in [3.63, 3.8) is 0 Å². The topological polar surface area (TPSA) is 40.5 Å². The number of aryl methyl sites for hydroxylation is 1. The maximum Gasteiger partial charge on any atom is 0.643 e. The lowest BCUT2D eigenvalue weighted by molar-refractivity contribution is 0.0169. The van der Waals surface area contributed by atoms with Crippen molar-refractivity contribution < 1.29 is 10.2 Å². The molecule has 1 aromatic rings. The number of halogens is 6. The number of benzene rings is 1. The van der Waals surface area contributed by atoms with Crippen LogP contribution >= 0.6 is 65.8 Å². The van der Waals surface area contributed by atoms with Gasteiger partial charge in [-0.15, -0.1) is 35.6 Å². The fourth-order valence-corrected chi connectivity index (χ4v) is 4.10. The van der Waals surface area contributed by atoms with Crippen molar-refractivity contribution in [1.29, 1.82) is 0 Å². The maximum atomic E-state index is 9.27. The fourth-order valence-electron chi connectivity index (χ4n) is 3.91. The van der Waals surface area contributed by atoms with Crippen LogP contribution in [0.15, 0.2) is 18.2 Å². The van der Waals surface area contributed by atoms with Gasteiger partial charge in [0.15, 0.2) is 0 Å². The first-order chi connectivity index (χ1) is 17.0. The first-order valence-corrected chi connectivity index (χ1v) is 19.8. The van der Waals surface area contributed by atoms with E-state index in [4.69, 9.17) is 53.3 Å². The molecule has 2 nitrogen and oxygen atoms in total. The molecular formula is C31H57AlCl6O2. The van der Waals surface area contributed by atoms with Gasteiger partial charge in [-0.2, -0.15) is 0 Å². The zero-order valence-corrected chi connectivity index (χ0v) is 33.0. The van der Waals surface area contributed by atoms with Crippen LogP contribution in [-0.4, -0.2) is 42.5 Å². The third-order valence-corrected chi connectivity index (χ3v) is 7.05. The van der Waals surface area contributed by atoms with E-state index in [1.54, 1.807) is 38.8 Å². The van der Waals surface area contributed by atoms with Crippen LogP contribution < -0.4 is 0 Å². The van der Waals surface area contributed by atoms with Crippen LogP contribution in [0.2, 0.25) is 0 Å². The third kappa shape index (κ3) is 25.9. The molecule has 1 aliphatic rings. The molecule has 40 heavy (non-hydrogen) atoms. The van der Waals surface area contributed by atoms with E-state index in [-0.39, 0.29) is 22.2 Å². The van der Waals surface area contributed by atoms with Gasteiger partial charge in [0.25, 0.3) is 0 Å². The molecule has 238 valence electrons. The van der Waals surface area contributed by atoms with Crippen LogP contribution in [0.1, 0.15) is 138 Å². The van der Waals surface area contributed by atoms with Crippen molar-refractivity contribution in [2.75, 3.05) is 0 Å². The van der Waals surface area contributed by atoms with Crippen molar-refractivity contribution in [3.05, 3.63) is 34.9 Å². The first kappa shape index (κ1) is 45.8. The van der Waals surface area contributed by atoms with E-state index in [9.17, 15) is 10.2 Å². The summed E-state index contributed by atoms with van der Waals surface area (Å²) in [6.07, 6.45) is 5.80. The van der Waals surface area contributed by atoms with Crippen LogP contribution in [0, 0.1) is 6.92 Å². The van der Waals surface area contributed by atoms with E-state index < -0.39 is 22.6 Å². The normalized spacial score (nSPS) is 15.9. The monoisotopic (exact) mass is 698 g/mol. The zero-order valence-electron chi connectivity index (χ0n) is 27.2. The van der Waals surface area contributed by atoms with Gasteiger partial charge >= 0.3 is 11.4 Å². The first-order valence-electron chi connectivity index (χ1n) is 13.8. The van der Waals surface area contributed by atoms with Crippen molar-refractivity contribution in [3.8, 4) is 0 Å². The molecule has 0 fully saturated rings. The molecule has 1 aliphatic carbocycles. The molecule has 0 bridgehead atoms. The highest BCUT2D eigenvalue weighted by atomic mass is 35.8. The quantitative estimate of drug-likeness (QED) is 0.229. The third-order valence-electron chi connectivity index (χ3n) is 6.67. The van der Waals surface area contributed by atoms with Gasteiger partial charge in [-0.05, 0) is 123 Å². The minimum Gasteiger partial charge on any atom is -0.390 e. The summed E-state index contributed by atoms with van der Waals surface area (Å²) >= 11 is 10.2. The summed E-state index contributed by atoms with van der Waals surface area (Å²) in [6, 6.07) is 6.98. The molecule has 0 spiro atoms.